The van der Waals surface area contributed by atoms with Gasteiger partial charge in [-0.1, -0.05) is 17.3 Å². The number of amides is 1. The van der Waals surface area contributed by atoms with Crippen molar-refractivity contribution in [1.82, 2.24) is 15.5 Å². The van der Waals surface area contributed by atoms with Gasteiger partial charge in [0, 0.05) is 0 Å². The lowest BCUT2D eigenvalue weighted by Crippen LogP contribution is -2.39. The van der Waals surface area contributed by atoms with Gasteiger partial charge in [-0.05, 0) is 46.1 Å². The fourth-order valence-electron chi connectivity index (χ4n) is 2.67. The first-order chi connectivity index (χ1) is 12.5. The summed E-state index contributed by atoms with van der Waals surface area (Å²) in [6.07, 6.45) is 0.344. The van der Waals surface area contributed by atoms with Crippen molar-refractivity contribution in [3.05, 3.63) is 35.7 Å². The summed E-state index contributed by atoms with van der Waals surface area (Å²) in [5.41, 5.74) is -1.50. The molecule has 7 nitrogen and oxygen atoms in total. The van der Waals surface area contributed by atoms with E-state index in [4.69, 9.17) is 9.26 Å². The highest BCUT2D eigenvalue weighted by molar-refractivity contribution is 5.69. The van der Waals surface area contributed by atoms with Crippen molar-refractivity contribution >= 4 is 6.09 Å². The molecule has 10 heteroatoms. The average Bonchev–Trinajstić information content (AvgIpc) is 3.10. The van der Waals surface area contributed by atoms with Gasteiger partial charge in [-0.25, -0.2) is 4.79 Å². The number of alkyl halides is 3. The molecule has 0 aliphatic heterocycles. The van der Waals surface area contributed by atoms with Gasteiger partial charge in [0.1, 0.15) is 16.9 Å². The number of alkyl carbamates (subject to hydrolysis) is 1. The highest BCUT2D eigenvalue weighted by Gasteiger charge is 2.52. The smallest absolute Gasteiger partial charge is 0.444 e. The lowest BCUT2D eigenvalue weighted by molar-refractivity contribution is -0.307. The standard InChI is InChI=1S/C17H20F3N3O4/c1-15(2,3)26-14(24)22-16(8-9-16)13-21-12(23-27-13)10-6-4-5-7-11(10)25-17(18,19)20/h4-5,7,10H,6,8-9H2,1-3H3,(H,22,24). The number of allylic oxidation sites excluding steroid dienone is 4. The first-order valence-corrected chi connectivity index (χ1v) is 8.45. The van der Waals surface area contributed by atoms with Crippen molar-refractivity contribution in [1.29, 1.82) is 0 Å². The van der Waals surface area contributed by atoms with Crippen molar-refractivity contribution in [2.45, 2.75) is 63.5 Å². The number of carbonyl (C=O) groups excluding carboxylic acids is 1. The maximum Gasteiger partial charge on any atom is 0.572 e. The predicted octanol–water partition coefficient (Wildman–Crippen LogP) is 4.05. The zero-order valence-electron chi connectivity index (χ0n) is 15.1. The lowest BCUT2D eigenvalue weighted by atomic mass is 9.98. The van der Waals surface area contributed by atoms with Crippen LogP contribution in [-0.2, 0) is 15.0 Å². The molecule has 3 rings (SSSR count). The van der Waals surface area contributed by atoms with Crippen molar-refractivity contribution in [3.63, 3.8) is 0 Å². The summed E-state index contributed by atoms with van der Waals surface area (Å²) in [6, 6.07) is 0. The van der Waals surface area contributed by atoms with Gasteiger partial charge in [-0.3, -0.25) is 0 Å². The fraction of sp³-hybridized carbons (Fsp3) is 0.588. The minimum Gasteiger partial charge on any atom is -0.444 e. The van der Waals surface area contributed by atoms with Crippen LogP contribution < -0.4 is 5.32 Å². The first kappa shape index (κ1) is 19.2. The third-order valence-corrected chi connectivity index (χ3v) is 4.00. The Morgan fingerprint density at radius 3 is 2.63 bits per heavy atom. The number of carbonyl (C=O) groups is 1. The van der Waals surface area contributed by atoms with Gasteiger partial charge in [0.05, 0.1) is 5.92 Å². The van der Waals surface area contributed by atoms with Crippen LogP contribution in [0.25, 0.3) is 0 Å². The summed E-state index contributed by atoms with van der Waals surface area (Å²) in [5, 5.41) is 6.52. The zero-order chi connectivity index (χ0) is 19.9. The Labute approximate surface area is 153 Å². The molecule has 1 fully saturated rings. The van der Waals surface area contributed by atoms with E-state index in [1.807, 2.05) is 0 Å². The van der Waals surface area contributed by atoms with Crippen LogP contribution in [0.5, 0.6) is 0 Å². The van der Waals surface area contributed by atoms with Gasteiger partial charge < -0.3 is 19.3 Å². The molecule has 1 aromatic heterocycles. The highest BCUT2D eigenvalue weighted by atomic mass is 19.4. The Kier molecular flexibility index (Phi) is 4.69. The average molecular weight is 387 g/mol. The van der Waals surface area contributed by atoms with E-state index in [0.717, 1.165) is 0 Å². The van der Waals surface area contributed by atoms with Crippen molar-refractivity contribution < 1.29 is 32.0 Å². The Balaban J connectivity index is 1.74. The SMILES string of the molecule is CC(C)(C)OC(=O)NC1(c2nc(C3CC=CC=C3OC(F)(F)F)no2)CC1. The van der Waals surface area contributed by atoms with Crippen molar-refractivity contribution in [2.75, 3.05) is 0 Å². The first-order valence-electron chi connectivity index (χ1n) is 8.45. The third kappa shape index (κ3) is 4.81. The predicted molar refractivity (Wildman–Crippen MR) is 86.3 cm³/mol. The van der Waals surface area contributed by atoms with E-state index >= 15 is 0 Å². The van der Waals surface area contributed by atoms with E-state index < -0.39 is 29.5 Å². The molecule has 0 spiro atoms. The zero-order valence-corrected chi connectivity index (χ0v) is 15.1. The Hall–Kier alpha value is -2.52. The van der Waals surface area contributed by atoms with Crippen LogP contribution in [0.3, 0.4) is 0 Å². The van der Waals surface area contributed by atoms with Crippen LogP contribution in [-0.4, -0.2) is 28.2 Å². The van der Waals surface area contributed by atoms with Gasteiger partial charge >= 0.3 is 12.5 Å². The molecule has 1 aromatic rings. The lowest BCUT2D eigenvalue weighted by Gasteiger charge is -2.22. The molecule has 1 atom stereocenters. The van der Waals surface area contributed by atoms with Crippen LogP contribution in [0, 0.1) is 0 Å². The minimum atomic E-state index is -4.81. The Bertz CT molecular complexity index is 773. The van der Waals surface area contributed by atoms with Crippen LogP contribution in [0.2, 0.25) is 0 Å². The quantitative estimate of drug-likeness (QED) is 0.839. The molecule has 1 heterocycles. The molecule has 1 N–H and O–H groups in total. The molecule has 1 saturated carbocycles. The molecule has 0 bridgehead atoms. The van der Waals surface area contributed by atoms with E-state index in [-0.39, 0.29) is 23.9 Å². The topological polar surface area (TPSA) is 86.5 Å². The van der Waals surface area contributed by atoms with Gasteiger partial charge in [-0.2, -0.15) is 4.98 Å². The molecule has 0 saturated heterocycles. The number of hydrogen-bond acceptors (Lipinski definition) is 6. The number of nitrogens with zero attached hydrogens (tertiary/aromatic N) is 2. The normalized spacial score (nSPS) is 21.4. The summed E-state index contributed by atoms with van der Waals surface area (Å²) in [4.78, 5) is 16.2. The van der Waals surface area contributed by atoms with Gasteiger partial charge in [0.15, 0.2) is 5.82 Å². The molecule has 2 aliphatic carbocycles. The van der Waals surface area contributed by atoms with Gasteiger partial charge in [0.2, 0.25) is 0 Å². The molecule has 27 heavy (non-hydrogen) atoms. The summed E-state index contributed by atoms with van der Waals surface area (Å²) < 4.78 is 52.3. The molecule has 0 aromatic carbocycles. The van der Waals surface area contributed by atoms with Gasteiger partial charge in [0.25, 0.3) is 5.89 Å². The van der Waals surface area contributed by atoms with E-state index in [1.54, 1.807) is 26.8 Å². The number of nitrogens with one attached hydrogen (secondary N) is 1. The molecule has 0 radical (unpaired) electrons. The molecule has 1 amide bonds. The third-order valence-electron chi connectivity index (χ3n) is 4.00. The van der Waals surface area contributed by atoms with Crippen LogP contribution in [0.1, 0.15) is 57.7 Å². The van der Waals surface area contributed by atoms with E-state index in [1.165, 1.54) is 12.2 Å². The highest BCUT2D eigenvalue weighted by Crippen LogP contribution is 2.45. The maximum absolute atomic E-state index is 12.6. The van der Waals surface area contributed by atoms with Crippen molar-refractivity contribution in [2.24, 2.45) is 0 Å². The number of rotatable bonds is 4. The molecule has 2 aliphatic rings. The number of ether oxygens (including phenoxy) is 2. The second-order valence-electron chi connectivity index (χ2n) is 7.50. The Morgan fingerprint density at radius 1 is 1.33 bits per heavy atom. The second-order valence-corrected chi connectivity index (χ2v) is 7.50. The van der Waals surface area contributed by atoms with E-state index in [2.05, 4.69) is 20.2 Å². The molecule has 148 valence electrons. The Morgan fingerprint density at radius 2 is 2.04 bits per heavy atom. The molecule has 1 unspecified atom stereocenters. The summed E-state index contributed by atoms with van der Waals surface area (Å²) in [5.74, 6) is -0.903. The molecular formula is C17H20F3N3O4. The number of halogens is 3. The van der Waals surface area contributed by atoms with Gasteiger partial charge in [-0.15, -0.1) is 13.2 Å². The number of hydrogen-bond donors (Lipinski definition) is 1. The number of aromatic nitrogens is 2. The van der Waals surface area contributed by atoms with E-state index in [0.29, 0.717) is 12.8 Å². The summed E-state index contributed by atoms with van der Waals surface area (Å²) >= 11 is 0. The molecular weight excluding hydrogens is 367 g/mol. The van der Waals surface area contributed by atoms with E-state index in [9.17, 15) is 18.0 Å². The van der Waals surface area contributed by atoms with Crippen LogP contribution in [0.4, 0.5) is 18.0 Å². The van der Waals surface area contributed by atoms with Crippen LogP contribution >= 0.6 is 0 Å². The largest absolute Gasteiger partial charge is 0.572 e. The van der Waals surface area contributed by atoms with Crippen molar-refractivity contribution in [3.8, 4) is 0 Å². The maximum atomic E-state index is 12.6. The fourth-order valence-corrected chi connectivity index (χ4v) is 2.67. The monoisotopic (exact) mass is 387 g/mol. The summed E-state index contributed by atoms with van der Waals surface area (Å²) in [6.45, 7) is 5.21. The van der Waals surface area contributed by atoms with Crippen LogP contribution in [0.15, 0.2) is 28.5 Å². The summed E-state index contributed by atoms with van der Waals surface area (Å²) in [7, 11) is 0. The second kappa shape index (κ2) is 6.58. The minimum absolute atomic E-state index is 0.0714.